The molecular formula is C9H13N7OS. The van der Waals surface area contributed by atoms with Gasteiger partial charge in [0.1, 0.15) is 5.01 Å². The van der Waals surface area contributed by atoms with Gasteiger partial charge in [-0.15, -0.1) is 11.3 Å². The molecule has 0 atom stereocenters. The molecule has 0 amide bonds. The topological polar surface area (TPSA) is 111 Å². The molecule has 0 saturated carbocycles. The SMILES string of the molecule is CCOc1nc(NN)nc(NCc2nccs2)n1. The van der Waals surface area contributed by atoms with Crippen LogP contribution < -0.4 is 21.3 Å². The Morgan fingerprint density at radius 1 is 1.33 bits per heavy atom. The molecule has 2 aromatic heterocycles. The van der Waals surface area contributed by atoms with Gasteiger partial charge in [-0.25, -0.2) is 10.8 Å². The van der Waals surface area contributed by atoms with Crippen molar-refractivity contribution in [3.8, 4) is 6.01 Å². The number of nitrogens with zero attached hydrogens (tertiary/aromatic N) is 4. The summed E-state index contributed by atoms with van der Waals surface area (Å²) in [5.41, 5.74) is 2.36. The molecule has 0 aliphatic carbocycles. The third-order valence-electron chi connectivity index (χ3n) is 1.90. The van der Waals surface area contributed by atoms with Crippen LogP contribution in [0.25, 0.3) is 0 Å². The molecule has 0 aromatic carbocycles. The van der Waals surface area contributed by atoms with Crippen LogP contribution in [0.1, 0.15) is 11.9 Å². The van der Waals surface area contributed by atoms with Gasteiger partial charge in [-0.1, -0.05) is 0 Å². The number of thiazole rings is 1. The molecule has 0 aliphatic heterocycles. The second kappa shape index (κ2) is 6.07. The van der Waals surface area contributed by atoms with E-state index in [0.29, 0.717) is 19.1 Å². The van der Waals surface area contributed by atoms with Crippen LogP contribution >= 0.6 is 11.3 Å². The van der Waals surface area contributed by atoms with Crippen LogP contribution in [0.15, 0.2) is 11.6 Å². The molecule has 2 aromatic rings. The maximum absolute atomic E-state index is 5.28. The number of nitrogen functional groups attached to an aromatic ring is 1. The highest BCUT2D eigenvalue weighted by molar-refractivity contribution is 7.09. The number of hydrazine groups is 1. The molecule has 0 unspecified atom stereocenters. The zero-order valence-electron chi connectivity index (χ0n) is 9.75. The lowest BCUT2D eigenvalue weighted by Crippen LogP contribution is -2.14. The van der Waals surface area contributed by atoms with E-state index in [2.05, 4.69) is 30.7 Å². The average Bonchev–Trinajstić information content (AvgIpc) is 2.89. The second-order valence-electron chi connectivity index (χ2n) is 3.12. The van der Waals surface area contributed by atoms with Gasteiger partial charge in [0, 0.05) is 11.6 Å². The minimum atomic E-state index is 0.224. The molecule has 8 nitrogen and oxygen atoms in total. The lowest BCUT2D eigenvalue weighted by molar-refractivity contribution is 0.312. The molecule has 96 valence electrons. The Hall–Kier alpha value is -2.00. The molecule has 2 heterocycles. The van der Waals surface area contributed by atoms with E-state index in [1.54, 1.807) is 17.5 Å². The van der Waals surface area contributed by atoms with Crippen LogP contribution in [0.2, 0.25) is 0 Å². The summed E-state index contributed by atoms with van der Waals surface area (Å²) < 4.78 is 5.22. The van der Waals surface area contributed by atoms with E-state index in [9.17, 15) is 0 Å². The van der Waals surface area contributed by atoms with E-state index >= 15 is 0 Å². The number of aromatic nitrogens is 4. The van der Waals surface area contributed by atoms with Gasteiger partial charge in [0.05, 0.1) is 13.2 Å². The minimum absolute atomic E-state index is 0.224. The van der Waals surface area contributed by atoms with Crippen LogP contribution in [-0.2, 0) is 6.54 Å². The summed E-state index contributed by atoms with van der Waals surface area (Å²) in [5, 5.41) is 5.88. The molecule has 0 fully saturated rings. The van der Waals surface area contributed by atoms with Gasteiger partial charge in [0.2, 0.25) is 11.9 Å². The summed E-state index contributed by atoms with van der Waals surface area (Å²) in [4.78, 5) is 16.3. The Morgan fingerprint density at radius 3 is 2.83 bits per heavy atom. The number of anilines is 2. The van der Waals surface area contributed by atoms with Crippen molar-refractivity contribution >= 4 is 23.2 Å². The number of hydrogen-bond donors (Lipinski definition) is 3. The van der Waals surface area contributed by atoms with Crippen molar-refractivity contribution in [3.63, 3.8) is 0 Å². The van der Waals surface area contributed by atoms with Gasteiger partial charge in [0.15, 0.2) is 0 Å². The summed E-state index contributed by atoms with van der Waals surface area (Å²) in [6, 6.07) is 0.224. The van der Waals surface area contributed by atoms with Gasteiger partial charge in [-0.2, -0.15) is 15.0 Å². The fourth-order valence-electron chi connectivity index (χ4n) is 1.19. The fourth-order valence-corrected chi connectivity index (χ4v) is 1.74. The Bertz CT molecular complexity index is 490. The predicted octanol–water partition coefficient (Wildman–Crippen LogP) is 0.624. The van der Waals surface area contributed by atoms with Crippen molar-refractivity contribution in [1.29, 1.82) is 0 Å². The van der Waals surface area contributed by atoms with Gasteiger partial charge in [0.25, 0.3) is 0 Å². The molecule has 0 saturated heterocycles. The van der Waals surface area contributed by atoms with Crippen molar-refractivity contribution in [3.05, 3.63) is 16.6 Å². The lowest BCUT2D eigenvalue weighted by Gasteiger charge is -2.07. The Morgan fingerprint density at radius 2 is 2.17 bits per heavy atom. The number of ether oxygens (including phenoxy) is 1. The Balaban J connectivity index is 2.08. The van der Waals surface area contributed by atoms with E-state index in [-0.39, 0.29) is 12.0 Å². The Kier molecular flexibility index (Phi) is 4.20. The molecule has 18 heavy (non-hydrogen) atoms. The molecule has 4 N–H and O–H groups in total. The maximum Gasteiger partial charge on any atom is 0.323 e. The summed E-state index contributed by atoms with van der Waals surface area (Å²) in [6.07, 6.45) is 1.74. The first-order chi connectivity index (χ1) is 8.81. The van der Waals surface area contributed by atoms with Crippen molar-refractivity contribution in [2.24, 2.45) is 5.84 Å². The van der Waals surface area contributed by atoms with Crippen LogP contribution in [-0.4, -0.2) is 26.5 Å². The Labute approximate surface area is 108 Å². The van der Waals surface area contributed by atoms with E-state index in [1.165, 1.54) is 0 Å². The van der Waals surface area contributed by atoms with E-state index in [0.717, 1.165) is 5.01 Å². The third-order valence-corrected chi connectivity index (χ3v) is 2.68. The maximum atomic E-state index is 5.28. The number of hydrogen-bond acceptors (Lipinski definition) is 9. The molecule has 0 aliphatic rings. The highest BCUT2D eigenvalue weighted by atomic mass is 32.1. The average molecular weight is 267 g/mol. The van der Waals surface area contributed by atoms with Gasteiger partial charge in [-0.3, -0.25) is 5.43 Å². The highest BCUT2D eigenvalue weighted by Gasteiger charge is 2.06. The first kappa shape index (κ1) is 12.5. The van der Waals surface area contributed by atoms with Crippen LogP contribution in [0.3, 0.4) is 0 Å². The van der Waals surface area contributed by atoms with Crippen LogP contribution in [0.5, 0.6) is 6.01 Å². The number of rotatable bonds is 6. The standard InChI is InChI=1S/C9H13N7OS/c1-2-17-9-14-7(13-8(15-9)16-10)12-5-6-11-3-4-18-6/h3-4H,2,5,10H2,1H3,(H2,12,13,14,15,16). The third kappa shape index (κ3) is 3.25. The van der Waals surface area contributed by atoms with Crippen molar-refractivity contribution in [1.82, 2.24) is 19.9 Å². The normalized spacial score (nSPS) is 10.1. The quantitative estimate of drug-likeness (QED) is 0.516. The van der Waals surface area contributed by atoms with Gasteiger partial charge >= 0.3 is 6.01 Å². The fraction of sp³-hybridized carbons (Fsp3) is 0.333. The molecule has 0 spiro atoms. The smallest absolute Gasteiger partial charge is 0.323 e. The monoisotopic (exact) mass is 267 g/mol. The van der Waals surface area contributed by atoms with Crippen LogP contribution in [0, 0.1) is 0 Å². The summed E-state index contributed by atoms with van der Waals surface area (Å²) in [6.45, 7) is 2.86. The number of nitrogens with one attached hydrogen (secondary N) is 2. The van der Waals surface area contributed by atoms with E-state index in [1.807, 2.05) is 12.3 Å². The minimum Gasteiger partial charge on any atom is -0.464 e. The van der Waals surface area contributed by atoms with Crippen molar-refractivity contribution in [2.75, 3.05) is 17.3 Å². The molecule has 0 radical (unpaired) electrons. The summed E-state index contributed by atoms with van der Waals surface area (Å²) in [5.74, 6) is 5.91. The molecule has 0 bridgehead atoms. The van der Waals surface area contributed by atoms with Crippen molar-refractivity contribution in [2.45, 2.75) is 13.5 Å². The second-order valence-corrected chi connectivity index (χ2v) is 4.10. The van der Waals surface area contributed by atoms with Gasteiger partial charge in [-0.05, 0) is 6.92 Å². The van der Waals surface area contributed by atoms with E-state index < -0.39 is 0 Å². The number of nitrogens with two attached hydrogens (primary N) is 1. The first-order valence-corrected chi connectivity index (χ1v) is 6.17. The lowest BCUT2D eigenvalue weighted by atomic mass is 10.6. The zero-order chi connectivity index (χ0) is 12.8. The summed E-state index contributed by atoms with van der Waals surface area (Å²) >= 11 is 1.55. The molecular weight excluding hydrogens is 254 g/mol. The molecule has 2 rings (SSSR count). The van der Waals surface area contributed by atoms with Crippen LogP contribution in [0.4, 0.5) is 11.9 Å². The highest BCUT2D eigenvalue weighted by Crippen LogP contribution is 2.12. The summed E-state index contributed by atoms with van der Waals surface area (Å²) in [7, 11) is 0. The van der Waals surface area contributed by atoms with E-state index in [4.69, 9.17) is 10.6 Å². The predicted molar refractivity (Wildman–Crippen MR) is 68.2 cm³/mol. The molecule has 9 heteroatoms. The largest absolute Gasteiger partial charge is 0.464 e. The van der Waals surface area contributed by atoms with Gasteiger partial charge < -0.3 is 10.1 Å². The first-order valence-electron chi connectivity index (χ1n) is 5.29. The van der Waals surface area contributed by atoms with Crippen molar-refractivity contribution < 1.29 is 4.74 Å². The zero-order valence-corrected chi connectivity index (χ0v) is 10.6.